The average Bonchev–Trinajstić information content (AvgIpc) is 3.16. The predicted molar refractivity (Wildman–Crippen MR) is 130 cm³/mol. The van der Waals surface area contributed by atoms with Crippen LogP contribution in [0.4, 0.5) is 5.69 Å². The van der Waals surface area contributed by atoms with Crippen LogP contribution >= 0.6 is 24.0 Å². The molecule has 0 aliphatic carbocycles. The zero-order chi connectivity index (χ0) is 19.9. The number of halogens is 1. The first-order chi connectivity index (χ1) is 13.6. The first-order valence-corrected chi connectivity index (χ1v) is 10.2. The molecule has 2 heterocycles. The molecule has 164 valence electrons. The normalized spacial score (nSPS) is 20.9. The maximum atomic E-state index is 5.41. The monoisotopic (exact) mass is 517 g/mol. The van der Waals surface area contributed by atoms with Crippen LogP contribution in [0.1, 0.15) is 19.3 Å². The van der Waals surface area contributed by atoms with Crippen molar-refractivity contribution in [3.8, 4) is 11.5 Å². The number of piperidine rings is 1. The summed E-state index contributed by atoms with van der Waals surface area (Å²) in [6.07, 6.45) is 3.42. The Morgan fingerprint density at radius 3 is 2.24 bits per heavy atom. The lowest BCUT2D eigenvalue weighted by molar-refractivity contribution is 0.392. The van der Waals surface area contributed by atoms with Crippen LogP contribution in [0.15, 0.2) is 23.2 Å². The summed E-state index contributed by atoms with van der Waals surface area (Å²) >= 11 is 0. The van der Waals surface area contributed by atoms with E-state index in [1.807, 2.05) is 13.1 Å². The van der Waals surface area contributed by atoms with Crippen molar-refractivity contribution in [1.82, 2.24) is 15.5 Å². The molecule has 3 rings (SSSR count). The quantitative estimate of drug-likeness (QED) is 0.344. The van der Waals surface area contributed by atoms with E-state index in [0.717, 1.165) is 55.6 Å². The second kappa shape index (κ2) is 11.7. The molecule has 1 atom stereocenters. The molecule has 1 aromatic rings. The van der Waals surface area contributed by atoms with Gasteiger partial charge in [-0.2, -0.15) is 0 Å². The van der Waals surface area contributed by atoms with Crippen LogP contribution in [-0.4, -0.2) is 77.9 Å². The van der Waals surface area contributed by atoms with E-state index >= 15 is 0 Å². The van der Waals surface area contributed by atoms with E-state index in [2.05, 4.69) is 44.6 Å². The van der Waals surface area contributed by atoms with Crippen LogP contribution in [0.5, 0.6) is 11.5 Å². The fourth-order valence-corrected chi connectivity index (χ4v) is 4.08. The summed E-state index contributed by atoms with van der Waals surface area (Å²) in [5.74, 6) is 3.30. The molecule has 0 spiro atoms. The number of hydrogen-bond acceptors (Lipinski definition) is 5. The van der Waals surface area contributed by atoms with Gasteiger partial charge in [0.1, 0.15) is 11.5 Å². The predicted octanol–water partition coefficient (Wildman–Crippen LogP) is 2.41. The van der Waals surface area contributed by atoms with Crippen LogP contribution in [0, 0.1) is 5.92 Å². The fourth-order valence-electron chi connectivity index (χ4n) is 4.08. The fraction of sp³-hybridized carbons (Fsp3) is 0.667. The van der Waals surface area contributed by atoms with Crippen LogP contribution < -0.4 is 25.0 Å². The molecule has 2 saturated heterocycles. The summed E-state index contributed by atoms with van der Waals surface area (Å²) in [6.45, 7) is 5.36. The second-order valence-corrected chi connectivity index (χ2v) is 7.85. The molecule has 2 aliphatic rings. The molecule has 8 heteroatoms. The van der Waals surface area contributed by atoms with Gasteiger partial charge < -0.3 is 29.9 Å². The van der Waals surface area contributed by atoms with Crippen molar-refractivity contribution in [3.63, 3.8) is 0 Å². The Balaban J connectivity index is 0.00000300. The molecule has 0 aromatic heterocycles. The van der Waals surface area contributed by atoms with Crippen molar-refractivity contribution >= 4 is 35.6 Å². The third-order valence-corrected chi connectivity index (χ3v) is 5.81. The van der Waals surface area contributed by atoms with Crippen molar-refractivity contribution in [1.29, 1.82) is 0 Å². The van der Waals surface area contributed by atoms with Gasteiger partial charge in [0.25, 0.3) is 0 Å². The van der Waals surface area contributed by atoms with Crippen molar-refractivity contribution in [2.24, 2.45) is 10.9 Å². The number of nitrogens with zero attached hydrogens (tertiary/aromatic N) is 3. The van der Waals surface area contributed by atoms with Gasteiger partial charge in [-0.05, 0) is 38.8 Å². The van der Waals surface area contributed by atoms with Crippen LogP contribution in [0.25, 0.3) is 0 Å². The van der Waals surface area contributed by atoms with Crippen LogP contribution in [0.2, 0.25) is 0 Å². The molecule has 7 nitrogen and oxygen atoms in total. The molecular formula is C21H36IN5O2. The Morgan fingerprint density at radius 1 is 1.07 bits per heavy atom. The molecule has 0 radical (unpaired) electrons. The highest BCUT2D eigenvalue weighted by atomic mass is 127. The zero-order valence-corrected chi connectivity index (χ0v) is 20.4. The Hall–Kier alpha value is -1.42. The third-order valence-electron chi connectivity index (χ3n) is 5.81. The van der Waals surface area contributed by atoms with E-state index in [1.54, 1.807) is 14.2 Å². The lowest BCUT2D eigenvalue weighted by Crippen LogP contribution is -2.49. The average molecular weight is 517 g/mol. The molecule has 2 fully saturated rings. The summed E-state index contributed by atoms with van der Waals surface area (Å²) in [4.78, 5) is 9.21. The highest BCUT2D eigenvalue weighted by Crippen LogP contribution is 2.30. The number of ether oxygens (including phenoxy) is 2. The smallest absolute Gasteiger partial charge is 0.191 e. The molecule has 0 bridgehead atoms. The number of likely N-dealkylation sites (tertiary alicyclic amines) is 1. The molecule has 0 amide bonds. The molecule has 2 N–H and O–H groups in total. The third kappa shape index (κ3) is 6.80. The Kier molecular flexibility index (Phi) is 9.61. The van der Waals surface area contributed by atoms with Crippen molar-refractivity contribution in [3.05, 3.63) is 18.2 Å². The first kappa shape index (κ1) is 23.9. The van der Waals surface area contributed by atoms with Crippen LogP contribution in [-0.2, 0) is 0 Å². The summed E-state index contributed by atoms with van der Waals surface area (Å²) in [7, 11) is 7.43. The van der Waals surface area contributed by atoms with Gasteiger partial charge in [-0.25, -0.2) is 0 Å². The number of aliphatic imine (C=N–C) groups is 1. The number of anilines is 1. The minimum absolute atomic E-state index is 0. The maximum Gasteiger partial charge on any atom is 0.191 e. The van der Waals surface area contributed by atoms with E-state index in [4.69, 9.17) is 9.47 Å². The van der Waals surface area contributed by atoms with E-state index in [1.165, 1.54) is 19.5 Å². The van der Waals surface area contributed by atoms with Gasteiger partial charge >= 0.3 is 0 Å². The first-order valence-electron chi connectivity index (χ1n) is 10.2. The zero-order valence-electron chi connectivity index (χ0n) is 18.1. The summed E-state index contributed by atoms with van der Waals surface area (Å²) in [5, 5.41) is 7.12. The summed E-state index contributed by atoms with van der Waals surface area (Å²) in [5.41, 5.74) is 1.16. The molecule has 1 unspecified atom stereocenters. The SMILES string of the molecule is CN=C(NCC1CCN(C)C1)NC1CCN(c2cc(OC)cc(OC)c2)CC1.I. The number of methoxy groups -OCH3 is 2. The Morgan fingerprint density at radius 2 is 1.72 bits per heavy atom. The largest absolute Gasteiger partial charge is 0.497 e. The minimum Gasteiger partial charge on any atom is -0.497 e. The van der Waals surface area contributed by atoms with Gasteiger partial charge in [0.05, 0.1) is 14.2 Å². The van der Waals surface area contributed by atoms with E-state index in [9.17, 15) is 0 Å². The van der Waals surface area contributed by atoms with Gasteiger partial charge in [-0.1, -0.05) is 0 Å². The van der Waals surface area contributed by atoms with Crippen molar-refractivity contribution in [2.75, 3.05) is 65.9 Å². The van der Waals surface area contributed by atoms with Gasteiger partial charge in [-0.15, -0.1) is 24.0 Å². The highest BCUT2D eigenvalue weighted by molar-refractivity contribution is 14.0. The topological polar surface area (TPSA) is 61.4 Å². The summed E-state index contributed by atoms with van der Waals surface area (Å²) in [6, 6.07) is 6.52. The number of hydrogen-bond donors (Lipinski definition) is 2. The van der Waals surface area contributed by atoms with Gasteiger partial charge in [0, 0.05) is 63.2 Å². The second-order valence-electron chi connectivity index (χ2n) is 7.85. The van der Waals surface area contributed by atoms with E-state index in [-0.39, 0.29) is 24.0 Å². The highest BCUT2D eigenvalue weighted by Gasteiger charge is 2.23. The molecular weight excluding hydrogens is 481 g/mol. The standard InChI is InChI=1S/C21H35N5O2.HI/c1-22-21(23-14-16-5-8-25(2)15-16)24-17-6-9-26(10-7-17)18-11-19(27-3)13-20(12-18)28-4;/h11-13,16-17H,5-10,14-15H2,1-4H3,(H2,22,23,24);1H. The van der Waals surface area contributed by atoms with Gasteiger partial charge in [0.2, 0.25) is 0 Å². The number of benzene rings is 1. The lowest BCUT2D eigenvalue weighted by atomic mass is 10.0. The number of guanidine groups is 1. The Bertz CT molecular complexity index is 642. The van der Waals surface area contributed by atoms with E-state index < -0.39 is 0 Å². The van der Waals surface area contributed by atoms with Gasteiger partial charge in [-0.3, -0.25) is 4.99 Å². The molecule has 2 aliphatic heterocycles. The molecule has 0 saturated carbocycles. The molecule has 29 heavy (non-hydrogen) atoms. The number of nitrogens with one attached hydrogen (secondary N) is 2. The van der Waals surface area contributed by atoms with Crippen LogP contribution in [0.3, 0.4) is 0 Å². The van der Waals surface area contributed by atoms with Gasteiger partial charge in [0.15, 0.2) is 5.96 Å². The number of rotatable bonds is 6. The Labute approximate surface area is 192 Å². The summed E-state index contributed by atoms with van der Waals surface area (Å²) < 4.78 is 10.8. The van der Waals surface area contributed by atoms with Crippen molar-refractivity contribution < 1.29 is 9.47 Å². The molecule has 1 aromatic carbocycles. The minimum atomic E-state index is 0. The van der Waals surface area contributed by atoms with Crippen molar-refractivity contribution in [2.45, 2.75) is 25.3 Å². The van der Waals surface area contributed by atoms with E-state index in [0.29, 0.717) is 12.0 Å². The maximum absolute atomic E-state index is 5.41. The lowest BCUT2D eigenvalue weighted by Gasteiger charge is -2.35.